The maximum absolute atomic E-state index is 12.3. The summed E-state index contributed by atoms with van der Waals surface area (Å²) in [6, 6.07) is 10.7. The van der Waals surface area contributed by atoms with E-state index in [1.54, 1.807) is 32.5 Å². The molecule has 2 amide bonds. The van der Waals surface area contributed by atoms with Gasteiger partial charge in [0.15, 0.2) is 10.9 Å². The van der Waals surface area contributed by atoms with Gasteiger partial charge in [-0.15, -0.1) is 11.3 Å². The van der Waals surface area contributed by atoms with Gasteiger partial charge in [0.1, 0.15) is 11.5 Å². The van der Waals surface area contributed by atoms with Crippen LogP contribution in [0, 0.1) is 0 Å². The summed E-state index contributed by atoms with van der Waals surface area (Å²) in [4.78, 5) is 28.5. The minimum atomic E-state index is -0.398. The van der Waals surface area contributed by atoms with Crippen LogP contribution in [0.25, 0.3) is 11.3 Å². The van der Waals surface area contributed by atoms with Crippen molar-refractivity contribution in [1.82, 2.24) is 10.3 Å². The number of carbonyl (C=O) groups excluding carboxylic acids is 2. The standard InChI is InChI=1S/C18H17N3O4S/c1-19-16(22)9-13-10-20-18(26-13)21-17(23)15-8-7-14(25-15)11-3-5-12(24-2)6-4-11/h3-8,10H,9H2,1-2H3,(H,19,22)(H,20,21,23). The number of rotatable bonds is 6. The lowest BCUT2D eigenvalue weighted by Gasteiger charge is -2.01. The molecule has 0 spiro atoms. The molecular formula is C18H17N3O4S. The van der Waals surface area contributed by atoms with Crippen LogP contribution in [-0.2, 0) is 11.2 Å². The molecular weight excluding hydrogens is 354 g/mol. The van der Waals surface area contributed by atoms with Crippen LogP contribution in [0.5, 0.6) is 5.75 Å². The summed E-state index contributed by atoms with van der Waals surface area (Å²) in [6.07, 6.45) is 1.80. The summed E-state index contributed by atoms with van der Waals surface area (Å²) < 4.78 is 10.7. The zero-order valence-corrected chi connectivity index (χ0v) is 15.1. The molecule has 2 N–H and O–H groups in total. The van der Waals surface area contributed by atoms with E-state index in [4.69, 9.17) is 9.15 Å². The lowest BCUT2D eigenvalue weighted by atomic mass is 10.2. The first-order chi connectivity index (χ1) is 12.6. The smallest absolute Gasteiger partial charge is 0.293 e. The van der Waals surface area contributed by atoms with Gasteiger partial charge in [0.25, 0.3) is 5.91 Å². The summed E-state index contributed by atoms with van der Waals surface area (Å²) in [5.41, 5.74) is 0.840. The Balaban J connectivity index is 1.67. The van der Waals surface area contributed by atoms with Gasteiger partial charge in [0.2, 0.25) is 5.91 Å². The highest BCUT2D eigenvalue weighted by molar-refractivity contribution is 7.15. The molecule has 1 aromatic carbocycles. The fourth-order valence-corrected chi connectivity index (χ4v) is 3.03. The van der Waals surface area contributed by atoms with E-state index in [0.29, 0.717) is 10.9 Å². The number of thiazole rings is 1. The summed E-state index contributed by atoms with van der Waals surface area (Å²) in [7, 11) is 3.17. The Labute approximate surface area is 154 Å². The first kappa shape index (κ1) is 17.7. The number of hydrogen-bond donors (Lipinski definition) is 2. The maximum Gasteiger partial charge on any atom is 0.293 e. The van der Waals surface area contributed by atoms with Gasteiger partial charge in [0, 0.05) is 23.7 Å². The third kappa shape index (κ3) is 4.09. The van der Waals surface area contributed by atoms with Gasteiger partial charge in [-0.25, -0.2) is 4.98 Å². The second-order valence-electron chi connectivity index (χ2n) is 5.33. The van der Waals surface area contributed by atoms with Crippen LogP contribution in [-0.4, -0.2) is 31.0 Å². The van der Waals surface area contributed by atoms with E-state index in [1.165, 1.54) is 11.3 Å². The molecule has 2 heterocycles. The Morgan fingerprint density at radius 3 is 2.65 bits per heavy atom. The molecule has 26 heavy (non-hydrogen) atoms. The van der Waals surface area contributed by atoms with E-state index < -0.39 is 5.91 Å². The number of likely N-dealkylation sites (N-methyl/N-ethyl adjacent to an activating group) is 1. The average Bonchev–Trinajstić information content (AvgIpc) is 3.31. The predicted molar refractivity (Wildman–Crippen MR) is 98.5 cm³/mol. The lowest BCUT2D eigenvalue weighted by Crippen LogP contribution is -2.19. The molecule has 8 heteroatoms. The Morgan fingerprint density at radius 2 is 1.96 bits per heavy atom. The molecule has 0 saturated heterocycles. The van der Waals surface area contributed by atoms with Crippen LogP contribution < -0.4 is 15.4 Å². The van der Waals surface area contributed by atoms with Crippen molar-refractivity contribution < 1.29 is 18.7 Å². The largest absolute Gasteiger partial charge is 0.497 e. The van der Waals surface area contributed by atoms with Crippen molar-refractivity contribution in [2.75, 3.05) is 19.5 Å². The second-order valence-corrected chi connectivity index (χ2v) is 6.44. The van der Waals surface area contributed by atoms with Crippen LogP contribution in [0.15, 0.2) is 47.0 Å². The monoisotopic (exact) mass is 371 g/mol. The quantitative estimate of drug-likeness (QED) is 0.695. The molecule has 0 unspecified atom stereocenters. The molecule has 0 saturated carbocycles. The van der Waals surface area contributed by atoms with Crippen LogP contribution in [0.2, 0.25) is 0 Å². The van der Waals surface area contributed by atoms with Crippen molar-refractivity contribution in [2.45, 2.75) is 6.42 Å². The van der Waals surface area contributed by atoms with E-state index >= 15 is 0 Å². The van der Waals surface area contributed by atoms with Crippen molar-refractivity contribution in [1.29, 1.82) is 0 Å². The highest BCUT2D eigenvalue weighted by Gasteiger charge is 2.15. The van der Waals surface area contributed by atoms with E-state index in [0.717, 1.165) is 16.2 Å². The summed E-state index contributed by atoms with van der Waals surface area (Å²) in [5, 5.41) is 5.63. The van der Waals surface area contributed by atoms with Crippen LogP contribution in [0.1, 0.15) is 15.4 Å². The van der Waals surface area contributed by atoms with E-state index in [-0.39, 0.29) is 18.1 Å². The van der Waals surface area contributed by atoms with E-state index in [9.17, 15) is 9.59 Å². The van der Waals surface area contributed by atoms with Crippen molar-refractivity contribution in [3.05, 3.63) is 53.2 Å². The number of methoxy groups -OCH3 is 1. The number of furan rings is 1. The normalized spacial score (nSPS) is 10.4. The SMILES string of the molecule is CNC(=O)Cc1cnc(NC(=O)c2ccc(-c3ccc(OC)cc3)o2)s1. The molecule has 134 valence electrons. The number of benzene rings is 1. The molecule has 0 aliphatic carbocycles. The van der Waals surface area contributed by atoms with Crippen LogP contribution in [0.4, 0.5) is 5.13 Å². The number of nitrogens with one attached hydrogen (secondary N) is 2. The molecule has 0 fully saturated rings. The van der Waals surface area contributed by atoms with Gasteiger partial charge in [-0.05, 0) is 36.4 Å². The maximum atomic E-state index is 12.3. The molecule has 0 atom stereocenters. The highest BCUT2D eigenvalue weighted by Crippen LogP contribution is 2.25. The van der Waals surface area contributed by atoms with Gasteiger partial charge in [-0.3, -0.25) is 14.9 Å². The topological polar surface area (TPSA) is 93.5 Å². The zero-order valence-electron chi connectivity index (χ0n) is 14.2. The lowest BCUT2D eigenvalue weighted by molar-refractivity contribution is -0.119. The second kappa shape index (κ2) is 7.83. The Kier molecular flexibility index (Phi) is 5.33. The van der Waals surface area contributed by atoms with Crippen molar-refractivity contribution in [2.24, 2.45) is 0 Å². The molecule has 0 bridgehead atoms. The number of hydrogen-bond acceptors (Lipinski definition) is 6. The first-order valence-electron chi connectivity index (χ1n) is 7.80. The Bertz CT molecular complexity index is 915. The van der Waals surface area contributed by atoms with Crippen LogP contribution >= 0.6 is 11.3 Å². The van der Waals surface area contributed by atoms with Gasteiger partial charge in [0.05, 0.1) is 13.5 Å². The Morgan fingerprint density at radius 1 is 1.19 bits per heavy atom. The van der Waals surface area contributed by atoms with E-state index in [1.807, 2.05) is 24.3 Å². The highest BCUT2D eigenvalue weighted by atomic mass is 32.1. The number of aromatic nitrogens is 1. The molecule has 0 aliphatic heterocycles. The predicted octanol–water partition coefficient (Wildman–Crippen LogP) is 2.95. The minimum absolute atomic E-state index is 0.110. The third-order valence-corrected chi connectivity index (χ3v) is 4.50. The zero-order chi connectivity index (χ0) is 18.5. The van der Waals surface area contributed by atoms with Crippen molar-refractivity contribution >= 4 is 28.3 Å². The van der Waals surface area contributed by atoms with Gasteiger partial charge >= 0.3 is 0 Å². The van der Waals surface area contributed by atoms with Gasteiger partial charge in [-0.1, -0.05) is 0 Å². The number of nitrogens with zero attached hydrogens (tertiary/aromatic N) is 1. The summed E-state index contributed by atoms with van der Waals surface area (Å²) >= 11 is 1.25. The molecule has 3 rings (SSSR count). The first-order valence-corrected chi connectivity index (χ1v) is 8.61. The molecule has 0 aliphatic rings. The average molecular weight is 371 g/mol. The van der Waals surface area contributed by atoms with Crippen LogP contribution in [0.3, 0.4) is 0 Å². The van der Waals surface area contributed by atoms with Gasteiger partial charge < -0.3 is 14.5 Å². The molecule has 2 aromatic heterocycles. The third-order valence-electron chi connectivity index (χ3n) is 3.59. The minimum Gasteiger partial charge on any atom is -0.497 e. The molecule has 3 aromatic rings. The van der Waals surface area contributed by atoms with Gasteiger partial charge in [-0.2, -0.15) is 0 Å². The number of amides is 2. The van der Waals surface area contributed by atoms with Crippen molar-refractivity contribution in [3.8, 4) is 17.1 Å². The van der Waals surface area contributed by atoms with Crippen molar-refractivity contribution in [3.63, 3.8) is 0 Å². The number of carbonyl (C=O) groups is 2. The Hall–Kier alpha value is -3.13. The number of anilines is 1. The molecule has 7 nitrogen and oxygen atoms in total. The fraction of sp³-hybridized carbons (Fsp3) is 0.167. The summed E-state index contributed by atoms with van der Waals surface area (Å²) in [5.74, 6) is 0.998. The molecule has 0 radical (unpaired) electrons. The number of ether oxygens (including phenoxy) is 1. The van der Waals surface area contributed by atoms with E-state index in [2.05, 4.69) is 15.6 Å². The fourth-order valence-electron chi connectivity index (χ4n) is 2.22. The summed E-state index contributed by atoms with van der Waals surface area (Å²) in [6.45, 7) is 0.